The summed E-state index contributed by atoms with van der Waals surface area (Å²) in [6, 6.07) is 8.85. The van der Waals surface area contributed by atoms with Crippen LogP contribution in [-0.2, 0) is 0 Å². The minimum atomic E-state index is 0.724. The molecule has 1 atom stereocenters. The molecule has 2 rings (SSSR count). The zero-order chi connectivity index (χ0) is 12.1. The van der Waals surface area contributed by atoms with Crippen molar-refractivity contribution in [2.45, 2.75) is 51.9 Å². The van der Waals surface area contributed by atoms with E-state index in [0.29, 0.717) is 0 Å². The van der Waals surface area contributed by atoms with Crippen LogP contribution in [0.5, 0.6) is 0 Å². The molecular formula is C16H23N. The van der Waals surface area contributed by atoms with E-state index >= 15 is 0 Å². The quantitative estimate of drug-likeness (QED) is 0.701. The SMILES string of the molecule is CCCCC1CC(=NCCC)c2ccccc21. The summed E-state index contributed by atoms with van der Waals surface area (Å²) in [5, 5.41) is 0. The number of nitrogens with zero attached hydrogens (tertiary/aromatic N) is 1. The van der Waals surface area contributed by atoms with E-state index in [2.05, 4.69) is 38.1 Å². The molecule has 1 aromatic carbocycles. The first kappa shape index (κ1) is 12.3. The fourth-order valence-electron chi connectivity index (χ4n) is 2.67. The third-order valence-corrected chi connectivity index (χ3v) is 3.58. The van der Waals surface area contributed by atoms with Crippen LogP contribution in [0, 0.1) is 0 Å². The molecule has 0 saturated heterocycles. The molecule has 0 heterocycles. The zero-order valence-electron chi connectivity index (χ0n) is 11.1. The van der Waals surface area contributed by atoms with Gasteiger partial charge in [-0.25, -0.2) is 0 Å². The van der Waals surface area contributed by atoms with Crippen molar-refractivity contribution in [3.63, 3.8) is 0 Å². The molecule has 0 saturated carbocycles. The van der Waals surface area contributed by atoms with Crippen LogP contribution in [0.15, 0.2) is 29.3 Å². The molecule has 1 heteroatoms. The van der Waals surface area contributed by atoms with Gasteiger partial charge in [0.25, 0.3) is 0 Å². The summed E-state index contributed by atoms with van der Waals surface area (Å²) in [5.74, 6) is 0.724. The molecule has 1 unspecified atom stereocenters. The molecule has 1 aliphatic carbocycles. The number of unbranched alkanes of at least 4 members (excludes halogenated alkanes) is 1. The molecule has 0 spiro atoms. The molecule has 1 aliphatic rings. The molecule has 0 amide bonds. The number of benzene rings is 1. The van der Waals surface area contributed by atoms with Crippen molar-refractivity contribution in [2.75, 3.05) is 6.54 Å². The van der Waals surface area contributed by atoms with Crippen LogP contribution in [0.3, 0.4) is 0 Å². The predicted molar refractivity (Wildman–Crippen MR) is 75.0 cm³/mol. The van der Waals surface area contributed by atoms with Crippen molar-refractivity contribution in [1.82, 2.24) is 0 Å². The highest BCUT2D eigenvalue weighted by Gasteiger charge is 2.26. The molecule has 0 N–H and O–H groups in total. The topological polar surface area (TPSA) is 12.4 Å². The number of hydrogen-bond acceptors (Lipinski definition) is 1. The minimum Gasteiger partial charge on any atom is -0.289 e. The Labute approximate surface area is 105 Å². The van der Waals surface area contributed by atoms with Gasteiger partial charge in [-0.15, -0.1) is 0 Å². The van der Waals surface area contributed by atoms with Gasteiger partial charge in [-0.1, -0.05) is 51.0 Å². The lowest BCUT2D eigenvalue weighted by molar-refractivity contribution is 0.611. The Bertz CT molecular complexity index is 392. The monoisotopic (exact) mass is 229 g/mol. The minimum absolute atomic E-state index is 0.724. The highest BCUT2D eigenvalue weighted by molar-refractivity contribution is 6.05. The Morgan fingerprint density at radius 2 is 2.00 bits per heavy atom. The average Bonchev–Trinajstić information content (AvgIpc) is 2.72. The number of aliphatic imine (C=N–C) groups is 1. The van der Waals surface area contributed by atoms with Gasteiger partial charge in [0.15, 0.2) is 0 Å². The number of hydrogen-bond donors (Lipinski definition) is 0. The second-order valence-corrected chi connectivity index (χ2v) is 4.96. The summed E-state index contributed by atoms with van der Waals surface area (Å²) < 4.78 is 0. The van der Waals surface area contributed by atoms with Crippen molar-refractivity contribution in [3.05, 3.63) is 35.4 Å². The smallest absolute Gasteiger partial charge is 0.0429 e. The largest absolute Gasteiger partial charge is 0.289 e. The van der Waals surface area contributed by atoms with Crippen molar-refractivity contribution in [2.24, 2.45) is 4.99 Å². The second-order valence-electron chi connectivity index (χ2n) is 4.96. The van der Waals surface area contributed by atoms with Gasteiger partial charge in [-0.3, -0.25) is 4.99 Å². The van der Waals surface area contributed by atoms with E-state index in [0.717, 1.165) is 18.9 Å². The molecule has 0 fully saturated rings. The van der Waals surface area contributed by atoms with Gasteiger partial charge < -0.3 is 0 Å². The van der Waals surface area contributed by atoms with Gasteiger partial charge in [0.2, 0.25) is 0 Å². The Hall–Kier alpha value is -1.11. The Kier molecular flexibility index (Phi) is 4.36. The van der Waals surface area contributed by atoms with Crippen LogP contribution in [0.2, 0.25) is 0 Å². The van der Waals surface area contributed by atoms with Crippen LogP contribution in [0.25, 0.3) is 0 Å². The van der Waals surface area contributed by atoms with E-state index in [9.17, 15) is 0 Å². The number of fused-ring (bicyclic) bond motifs is 1. The van der Waals surface area contributed by atoms with Gasteiger partial charge in [-0.05, 0) is 36.3 Å². The van der Waals surface area contributed by atoms with Crippen molar-refractivity contribution in [1.29, 1.82) is 0 Å². The van der Waals surface area contributed by atoms with Gasteiger partial charge in [0, 0.05) is 12.3 Å². The van der Waals surface area contributed by atoms with Crippen molar-refractivity contribution in [3.8, 4) is 0 Å². The maximum absolute atomic E-state index is 4.76. The Morgan fingerprint density at radius 1 is 1.18 bits per heavy atom. The lowest BCUT2D eigenvalue weighted by atomic mass is 9.96. The maximum atomic E-state index is 4.76. The first-order chi connectivity index (χ1) is 8.36. The summed E-state index contributed by atoms with van der Waals surface area (Å²) in [6.07, 6.45) is 6.25. The van der Waals surface area contributed by atoms with E-state index < -0.39 is 0 Å². The van der Waals surface area contributed by atoms with Crippen LogP contribution < -0.4 is 0 Å². The molecule has 0 aliphatic heterocycles. The first-order valence-corrected chi connectivity index (χ1v) is 6.99. The zero-order valence-corrected chi connectivity index (χ0v) is 11.1. The van der Waals surface area contributed by atoms with Gasteiger partial charge in [0.05, 0.1) is 0 Å². The molecule has 0 aromatic heterocycles. The fourth-order valence-corrected chi connectivity index (χ4v) is 2.67. The summed E-state index contributed by atoms with van der Waals surface area (Å²) in [7, 11) is 0. The lowest BCUT2D eigenvalue weighted by Crippen LogP contribution is -1.97. The summed E-state index contributed by atoms with van der Waals surface area (Å²) in [4.78, 5) is 4.76. The van der Waals surface area contributed by atoms with Crippen LogP contribution in [-0.4, -0.2) is 12.3 Å². The standard InChI is InChI=1S/C16H23N/c1-3-5-8-13-12-16(17-11-4-2)15-10-7-6-9-14(13)15/h6-7,9-10,13H,3-5,8,11-12H2,1-2H3. The third kappa shape index (κ3) is 2.77. The third-order valence-electron chi connectivity index (χ3n) is 3.58. The van der Waals surface area contributed by atoms with Gasteiger partial charge in [0.1, 0.15) is 0 Å². The van der Waals surface area contributed by atoms with Crippen molar-refractivity contribution >= 4 is 5.71 Å². The molecule has 1 aromatic rings. The van der Waals surface area contributed by atoms with Crippen molar-refractivity contribution < 1.29 is 0 Å². The molecule has 0 radical (unpaired) electrons. The highest BCUT2D eigenvalue weighted by atomic mass is 14.7. The number of rotatable bonds is 5. The van der Waals surface area contributed by atoms with E-state index in [1.807, 2.05) is 0 Å². The van der Waals surface area contributed by atoms with Gasteiger partial charge in [-0.2, -0.15) is 0 Å². The van der Waals surface area contributed by atoms with Crippen LogP contribution in [0.1, 0.15) is 63.0 Å². The van der Waals surface area contributed by atoms with E-state index in [4.69, 9.17) is 4.99 Å². The first-order valence-electron chi connectivity index (χ1n) is 6.99. The fraction of sp³-hybridized carbons (Fsp3) is 0.562. The molecule has 1 nitrogen and oxygen atoms in total. The Balaban J connectivity index is 2.20. The van der Waals surface area contributed by atoms with Crippen LogP contribution in [0.4, 0.5) is 0 Å². The summed E-state index contributed by atoms with van der Waals surface area (Å²) in [6.45, 7) is 5.44. The second kappa shape index (κ2) is 6.00. The summed E-state index contributed by atoms with van der Waals surface area (Å²) in [5.41, 5.74) is 4.31. The molecule has 0 bridgehead atoms. The molecular weight excluding hydrogens is 206 g/mol. The van der Waals surface area contributed by atoms with E-state index in [-0.39, 0.29) is 0 Å². The average molecular weight is 229 g/mol. The highest BCUT2D eigenvalue weighted by Crippen LogP contribution is 2.36. The molecule has 92 valence electrons. The van der Waals surface area contributed by atoms with E-state index in [1.54, 1.807) is 0 Å². The van der Waals surface area contributed by atoms with Crippen LogP contribution >= 0.6 is 0 Å². The Morgan fingerprint density at radius 3 is 2.76 bits per heavy atom. The normalized spacial score (nSPS) is 20.8. The maximum Gasteiger partial charge on any atom is 0.0429 e. The molecule has 17 heavy (non-hydrogen) atoms. The lowest BCUT2D eigenvalue weighted by Gasteiger charge is -2.09. The predicted octanol–water partition coefficient (Wildman–Crippen LogP) is 4.56. The van der Waals surface area contributed by atoms with E-state index in [1.165, 1.54) is 42.5 Å². The summed E-state index contributed by atoms with van der Waals surface area (Å²) >= 11 is 0. The van der Waals surface area contributed by atoms with Gasteiger partial charge >= 0.3 is 0 Å².